The highest BCUT2D eigenvalue weighted by atomic mass is 19.4. The minimum Gasteiger partial charge on any atom is -0.497 e. The molecule has 178 valence electrons. The van der Waals surface area contributed by atoms with E-state index in [9.17, 15) is 18.0 Å². The third-order valence-corrected chi connectivity index (χ3v) is 6.09. The van der Waals surface area contributed by atoms with Crippen molar-refractivity contribution in [3.8, 4) is 5.75 Å². The molecule has 5 rings (SSSR count). The predicted octanol–water partition coefficient (Wildman–Crippen LogP) is 5.78. The molecule has 2 heterocycles. The van der Waals surface area contributed by atoms with Crippen LogP contribution in [-0.4, -0.2) is 21.2 Å². The van der Waals surface area contributed by atoms with Crippen molar-refractivity contribution >= 4 is 21.9 Å². The summed E-state index contributed by atoms with van der Waals surface area (Å²) < 4.78 is 48.3. The van der Waals surface area contributed by atoms with Gasteiger partial charge in [0.2, 0.25) is 0 Å². The highest BCUT2D eigenvalue weighted by molar-refractivity contribution is 6.05. The first kappa shape index (κ1) is 22.7. The zero-order valence-electron chi connectivity index (χ0n) is 19.1. The number of ether oxygens (including phenoxy) is 1. The van der Waals surface area contributed by atoms with Crippen LogP contribution >= 0.6 is 0 Å². The highest BCUT2D eigenvalue weighted by Gasteiger charge is 2.30. The number of aryl methyl sites for hydroxylation is 1. The first-order valence-corrected chi connectivity index (χ1v) is 11.0. The molecule has 0 bridgehead atoms. The summed E-state index contributed by atoms with van der Waals surface area (Å²) in [6.07, 6.45) is -2.92. The van der Waals surface area contributed by atoms with Gasteiger partial charge in [0.05, 0.1) is 31.1 Å². The lowest BCUT2D eigenvalue weighted by Crippen LogP contribution is -2.23. The maximum atomic E-state index is 13.6. The van der Waals surface area contributed by atoms with E-state index in [4.69, 9.17) is 4.74 Å². The van der Waals surface area contributed by atoms with Crippen LogP contribution in [0.1, 0.15) is 22.3 Å². The van der Waals surface area contributed by atoms with E-state index in [0.717, 1.165) is 34.2 Å². The standard InChI is InChI=1S/C27H22F3N3O2/c1-17-6-11-23-22(12-17)24-25(33(23)15-19-4-3-5-20(13-19)27(28,29)30)26(34)32(16-31-24)14-18-7-9-21(35-2)10-8-18/h3-13,16H,14-15H2,1-2H3. The molecule has 2 aromatic heterocycles. The van der Waals surface area contributed by atoms with Crippen LogP contribution in [-0.2, 0) is 19.3 Å². The Bertz CT molecular complexity index is 1600. The molecule has 0 amide bonds. The van der Waals surface area contributed by atoms with Crippen LogP contribution in [0.3, 0.4) is 0 Å². The molecular formula is C27H22F3N3O2. The summed E-state index contributed by atoms with van der Waals surface area (Å²) in [5, 5.41) is 0.792. The number of alkyl halides is 3. The van der Waals surface area contributed by atoms with Gasteiger partial charge in [0, 0.05) is 11.9 Å². The summed E-state index contributed by atoms with van der Waals surface area (Å²) in [5.41, 5.74) is 3.00. The van der Waals surface area contributed by atoms with Crippen LogP contribution in [0.2, 0.25) is 0 Å². The number of hydrogen-bond acceptors (Lipinski definition) is 3. The Morgan fingerprint density at radius 3 is 2.43 bits per heavy atom. The summed E-state index contributed by atoms with van der Waals surface area (Å²) in [5.74, 6) is 0.714. The van der Waals surface area contributed by atoms with Gasteiger partial charge in [0.1, 0.15) is 16.8 Å². The third-order valence-electron chi connectivity index (χ3n) is 6.09. The summed E-state index contributed by atoms with van der Waals surface area (Å²) in [6.45, 7) is 2.35. The number of nitrogens with zero attached hydrogens (tertiary/aromatic N) is 3. The highest BCUT2D eigenvalue weighted by Crippen LogP contribution is 2.31. The van der Waals surface area contributed by atoms with Crippen molar-refractivity contribution in [2.75, 3.05) is 7.11 Å². The van der Waals surface area contributed by atoms with Crippen LogP contribution in [0.4, 0.5) is 13.2 Å². The summed E-state index contributed by atoms with van der Waals surface area (Å²) in [7, 11) is 1.59. The number of aromatic nitrogens is 3. The van der Waals surface area contributed by atoms with E-state index in [1.807, 2.05) is 49.4 Å². The summed E-state index contributed by atoms with van der Waals surface area (Å²) in [6, 6.07) is 18.3. The lowest BCUT2D eigenvalue weighted by molar-refractivity contribution is -0.137. The monoisotopic (exact) mass is 477 g/mol. The van der Waals surface area contributed by atoms with Gasteiger partial charge in [-0.3, -0.25) is 9.36 Å². The minimum absolute atomic E-state index is 0.108. The van der Waals surface area contributed by atoms with Crippen molar-refractivity contribution in [3.05, 3.63) is 106 Å². The van der Waals surface area contributed by atoms with E-state index < -0.39 is 11.7 Å². The van der Waals surface area contributed by atoms with Crippen molar-refractivity contribution in [2.24, 2.45) is 0 Å². The van der Waals surface area contributed by atoms with E-state index in [1.54, 1.807) is 17.7 Å². The molecule has 0 atom stereocenters. The second kappa shape index (κ2) is 8.61. The van der Waals surface area contributed by atoms with E-state index in [0.29, 0.717) is 28.9 Å². The molecule has 0 aliphatic rings. The molecule has 0 saturated carbocycles. The van der Waals surface area contributed by atoms with Crippen molar-refractivity contribution in [1.29, 1.82) is 0 Å². The molecule has 5 aromatic rings. The first-order valence-electron chi connectivity index (χ1n) is 11.0. The first-order chi connectivity index (χ1) is 16.7. The molecule has 0 unspecified atom stereocenters. The molecule has 35 heavy (non-hydrogen) atoms. The Kier molecular flexibility index (Phi) is 5.59. The smallest absolute Gasteiger partial charge is 0.416 e. The van der Waals surface area contributed by atoms with E-state index in [1.165, 1.54) is 17.0 Å². The molecule has 3 aromatic carbocycles. The maximum absolute atomic E-state index is 13.6. The van der Waals surface area contributed by atoms with Crippen LogP contribution in [0, 0.1) is 6.92 Å². The Balaban J connectivity index is 1.66. The van der Waals surface area contributed by atoms with Gasteiger partial charge in [-0.05, 0) is 54.4 Å². The second-order valence-corrected chi connectivity index (χ2v) is 8.53. The zero-order valence-corrected chi connectivity index (χ0v) is 19.1. The van der Waals surface area contributed by atoms with Gasteiger partial charge in [-0.15, -0.1) is 0 Å². The molecule has 0 radical (unpaired) electrons. The van der Waals surface area contributed by atoms with E-state index in [-0.39, 0.29) is 12.1 Å². The van der Waals surface area contributed by atoms with E-state index >= 15 is 0 Å². The normalized spacial score (nSPS) is 11.9. The fourth-order valence-corrected chi connectivity index (χ4v) is 4.35. The van der Waals surface area contributed by atoms with Gasteiger partial charge in [-0.25, -0.2) is 4.98 Å². The Morgan fingerprint density at radius 1 is 0.943 bits per heavy atom. The van der Waals surface area contributed by atoms with Crippen LogP contribution in [0.25, 0.3) is 21.9 Å². The molecule has 0 aliphatic heterocycles. The summed E-state index contributed by atoms with van der Waals surface area (Å²) in [4.78, 5) is 18.2. The number of rotatable bonds is 5. The molecule has 8 heteroatoms. The molecular weight excluding hydrogens is 455 g/mol. The number of halogens is 3. The Hall–Kier alpha value is -4.07. The van der Waals surface area contributed by atoms with Crippen molar-refractivity contribution in [2.45, 2.75) is 26.2 Å². The van der Waals surface area contributed by atoms with Crippen molar-refractivity contribution < 1.29 is 17.9 Å². The Morgan fingerprint density at radius 2 is 1.71 bits per heavy atom. The largest absolute Gasteiger partial charge is 0.497 e. The lowest BCUT2D eigenvalue weighted by Gasteiger charge is -2.12. The van der Waals surface area contributed by atoms with Crippen molar-refractivity contribution in [3.63, 3.8) is 0 Å². The van der Waals surface area contributed by atoms with Crippen LogP contribution < -0.4 is 10.3 Å². The van der Waals surface area contributed by atoms with Gasteiger partial charge < -0.3 is 9.30 Å². The molecule has 0 fully saturated rings. The SMILES string of the molecule is COc1ccc(Cn2cnc3c4cc(C)ccc4n(Cc4cccc(C(F)(F)F)c4)c3c2=O)cc1. The molecule has 5 nitrogen and oxygen atoms in total. The molecule has 0 N–H and O–H groups in total. The average Bonchev–Trinajstić information content (AvgIpc) is 3.14. The number of fused-ring (bicyclic) bond motifs is 3. The topological polar surface area (TPSA) is 49.0 Å². The van der Waals surface area contributed by atoms with Gasteiger partial charge in [-0.1, -0.05) is 35.9 Å². The lowest BCUT2D eigenvalue weighted by atomic mass is 10.1. The predicted molar refractivity (Wildman–Crippen MR) is 129 cm³/mol. The van der Waals surface area contributed by atoms with Crippen LogP contribution in [0.5, 0.6) is 5.75 Å². The fraction of sp³-hybridized carbons (Fsp3) is 0.185. The zero-order chi connectivity index (χ0) is 24.7. The third kappa shape index (κ3) is 4.27. The average molecular weight is 477 g/mol. The number of hydrogen-bond donors (Lipinski definition) is 0. The molecule has 0 spiro atoms. The van der Waals surface area contributed by atoms with Gasteiger partial charge in [-0.2, -0.15) is 13.2 Å². The van der Waals surface area contributed by atoms with E-state index in [2.05, 4.69) is 4.98 Å². The minimum atomic E-state index is -4.44. The van der Waals surface area contributed by atoms with Crippen molar-refractivity contribution in [1.82, 2.24) is 14.1 Å². The molecule has 0 saturated heterocycles. The number of methoxy groups -OCH3 is 1. The maximum Gasteiger partial charge on any atom is 0.416 e. The summed E-state index contributed by atoms with van der Waals surface area (Å²) >= 11 is 0. The Labute approximate surface area is 199 Å². The quantitative estimate of drug-likeness (QED) is 0.322. The van der Waals surface area contributed by atoms with Gasteiger partial charge >= 0.3 is 6.18 Å². The van der Waals surface area contributed by atoms with Crippen LogP contribution in [0.15, 0.2) is 77.9 Å². The number of benzene rings is 3. The fourth-order valence-electron chi connectivity index (χ4n) is 4.35. The van der Waals surface area contributed by atoms with Gasteiger partial charge in [0.25, 0.3) is 5.56 Å². The van der Waals surface area contributed by atoms with Gasteiger partial charge in [0.15, 0.2) is 0 Å². The molecule has 0 aliphatic carbocycles. The second-order valence-electron chi connectivity index (χ2n) is 8.53.